The van der Waals surface area contributed by atoms with Gasteiger partial charge < -0.3 is 5.11 Å². The molecule has 1 aromatic rings. The van der Waals surface area contributed by atoms with Crippen LogP contribution in [0, 0.1) is 6.92 Å². The number of carboxylic acids is 1. The van der Waals surface area contributed by atoms with Gasteiger partial charge in [-0.1, -0.05) is 34.5 Å². The Morgan fingerprint density at radius 2 is 2.05 bits per heavy atom. The van der Waals surface area contributed by atoms with Crippen LogP contribution in [0.2, 0.25) is 0 Å². The van der Waals surface area contributed by atoms with E-state index in [0.717, 1.165) is 23.1 Å². The van der Waals surface area contributed by atoms with Crippen molar-refractivity contribution in [2.45, 2.75) is 38.6 Å². The molecular formula is C15H20BrNO2. The Balaban J connectivity index is 2.27. The molecule has 1 atom stereocenters. The molecule has 1 unspecified atom stereocenters. The molecule has 0 bridgehead atoms. The number of piperidine rings is 1. The summed E-state index contributed by atoms with van der Waals surface area (Å²) < 4.78 is 1.02. The van der Waals surface area contributed by atoms with E-state index in [9.17, 15) is 9.90 Å². The molecule has 0 amide bonds. The smallest absolute Gasteiger partial charge is 0.305 e. The highest BCUT2D eigenvalue weighted by Crippen LogP contribution is 2.33. The zero-order valence-electron chi connectivity index (χ0n) is 11.2. The topological polar surface area (TPSA) is 40.5 Å². The summed E-state index contributed by atoms with van der Waals surface area (Å²) >= 11 is 3.58. The summed E-state index contributed by atoms with van der Waals surface area (Å²) in [6.45, 7) is 4.04. The maximum atomic E-state index is 11.2. The number of aryl methyl sites for hydroxylation is 1. The minimum absolute atomic E-state index is 0.0206. The molecule has 1 heterocycles. The van der Waals surface area contributed by atoms with Crippen molar-refractivity contribution in [2.24, 2.45) is 0 Å². The van der Waals surface area contributed by atoms with Crippen LogP contribution < -0.4 is 0 Å². The van der Waals surface area contributed by atoms with Gasteiger partial charge in [0.05, 0.1) is 6.42 Å². The second-order valence-electron chi connectivity index (χ2n) is 5.24. The Kier molecular flexibility index (Phi) is 4.99. The molecule has 1 aliphatic heterocycles. The molecule has 2 rings (SSSR count). The molecule has 4 heteroatoms. The van der Waals surface area contributed by atoms with E-state index >= 15 is 0 Å². The number of carboxylic acid groups (broad SMARTS) is 1. The number of rotatable bonds is 4. The van der Waals surface area contributed by atoms with E-state index in [1.165, 1.54) is 24.8 Å². The largest absolute Gasteiger partial charge is 0.481 e. The minimum atomic E-state index is -0.733. The summed E-state index contributed by atoms with van der Waals surface area (Å²) in [6.07, 6.45) is 3.76. The van der Waals surface area contributed by atoms with Crippen LogP contribution in [-0.4, -0.2) is 29.1 Å². The van der Waals surface area contributed by atoms with Crippen LogP contribution in [0.1, 0.15) is 42.9 Å². The van der Waals surface area contributed by atoms with Gasteiger partial charge in [0.1, 0.15) is 0 Å². The second kappa shape index (κ2) is 6.53. The van der Waals surface area contributed by atoms with Gasteiger partial charge in [-0.05, 0) is 50.0 Å². The molecule has 0 aromatic heterocycles. The third-order valence-electron chi connectivity index (χ3n) is 3.71. The molecule has 0 saturated carbocycles. The van der Waals surface area contributed by atoms with E-state index in [1.807, 2.05) is 6.92 Å². The molecule has 19 heavy (non-hydrogen) atoms. The maximum absolute atomic E-state index is 11.2. The fourth-order valence-electron chi connectivity index (χ4n) is 2.73. The van der Waals surface area contributed by atoms with Gasteiger partial charge in [0.15, 0.2) is 0 Å². The van der Waals surface area contributed by atoms with Crippen LogP contribution in [0.5, 0.6) is 0 Å². The van der Waals surface area contributed by atoms with Crippen molar-refractivity contribution < 1.29 is 9.90 Å². The van der Waals surface area contributed by atoms with Crippen molar-refractivity contribution in [1.29, 1.82) is 0 Å². The van der Waals surface area contributed by atoms with Gasteiger partial charge in [-0.2, -0.15) is 0 Å². The van der Waals surface area contributed by atoms with E-state index in [-0.39, 0.29) is 12.5 Å². The first kappa shape index (κ1) is 14.5. The molecule has 1 aromatic carbocycles. The molecule has 104 valence electrons. The van der Waals surface area contributed by atoms with Crippen LogP contribution in [0.25, 0.3) is 0 Å². The molecular weight excluding hydrogens is 306 g/mol. The van der Waals surface area contributed by atoms with Crippen LogP contribution in [0.3, 0.4) is 0 Å². The van der Waals surface area contributed by atoms with Gasteiger partial charge in [-0.3, -0.25) is 9.69 Å². The van der Waals surface area contributed by atoms with Crippen molar-refractivity contribution in [1.82, 2.24) is 4.90 Å². The lowest BCUT2D eigenvalue weighted by Gasteiger charge is -2.34. The summed E-state index contributed by atoms with van der Waals surface area (Å²) in [5, 5.41) is 9.18. The molecule has 1 fully saturated rings. The first-order valence-electron chi connectivity index (χ1n) is 6.80. The number of halogens is 1. The number of aliphatic carboxylic acids is 1. The van der Waals surface area contributed by atoms with Crippen LogP contribution in [0.4, 0.5) is 0 Å². The highest BCUT2D eigenvalue weighted by molar-refractivity contribution is 9.10. The molecule has 0 radical (unpaired) electrons. The lowest BCUT2D eigenvalue weighted by Crippen LogP contribution is -2.35. The van der Waals surface area contributed by atoms with E-state index in [4.69, 9.17) is 0 Å². The van der Waals surface area contributed by atoms with Crippen molar-refractivity contribution >= 4 is 21.9 Å². The van der Waals surface area contributed by atoms with E-state index in [2.05, 4.69) is 39.0 Å². The monoisotopic (exact) mass is 325 g/mol. The normalized spacial score (nSPS) is 18.2. The van der Waals surface area contributed by atoms with Gasteiger partial charge >= 0.3 is 5.97 Å². The standard InChI is InChI=1S/C15H20BrNO2/c1-11-5-6-12(13(16)9-11)14(10-15(18)19)17-7-3-2-4-8-17/h5-6,9,14H,2-4,7-8,10H2,1H3,(H,18,19). The average Bonchev–Trinajstić information content (AvgIpc) is 2.37. The van der Waals surface area contributed by atoms with Crippen molar-refractivity contribution in [3.63, 3.8) is 0 Å². The highest BCUT2D eigenvalue weighted by atomic mass is 79.9. The van der Waals surface area contributed by atoms with Gasteiger partial charge in [0.2, 0.25) is 0 Å². The Hall–Kier alpha value is -0.870. The van der Waals surface area contributed by atoms with E-state index < -0.39 is 5.97 Å². The van der Waals surface area contributed by atoms with Crippen LogP contribution in [0.15, 0.2) is 22.7 Å². The molecule has 0 spiro atoms. The molecule has 3 nitrogen and oxygen atoms in total. The number of benzene rings is 1. The molecule has 0 aliphatic carbocycles. The summed E-state index contributed by atoms with van der Waals surface area (Å²) in [6, 6.07) is 6.15. The number of hydrogen-bond acceptors (Lipinski definition) is 2. The van der Waals surface area contributed by atoms with Gasteiger partial charge in [-0.15, -0.1) is 0 Å². The summed E-state index contributed by atoms with van der Waals surface area (Å²) in [7, 11) is 0. The Labute approximate surface area is 122 Å². The quantitative estimate of drug-likeness (QED) is 0.916. The van der Waals surface area contributed by atoms with E-state index in [0.29, 0.717) is 0 Å². The van der Waals surface area contributed by atoms with Crippen molar-refractivity contribution in [2.75, 3.05) is 13.1 Å². The zero-order valence-corrected chi connectivity index (χ0v) is 12.8. The maximum Gasteiger partial charge on any atom is 0.305 e. The molecule has 1 saturated heterocycles. The number of carbonyl (C=O) groups is 1. The lowest BCUT2D eigenvalue weighted by molar-refractivity contribution is -0.138. The van der Waals surface area contributed by atoms with Crippen molar-refractivity contribution in [3.8, 4) is 0 Å². The fourth-order valence-corrected chi connectivity index (χ4v) is 3.49. The minimum Gasteiger partial charge on any atom is -0.481 e. The zero-order chi connectivity index (χ0) is 13.8. The third kappa shape index (κ3) is 3.80. The molecule has 1 aliphatic rings. The fraction of sp³-hybridized carbons (Fsp3) is 0.533. The third-order valence-corrected chi connectivity index (χ3v) is 4.40. The Morgan fingerprint density at radius 1 is 1.37 bits per heavy atom. The van der Waals surface area contributed by atoms with Gasteiger partial charge in [-0.25, -0.2) is 0 Å². The first-order valence-corrected chi connectivity index (χ1v) is 7.59. The number of nitrogens with zero attached hydrogens (tertiary/aromatic N) is 1. The Bertz CT molecular complexity index is 455. The second-order valence-corrected chi connectivity index (χ2v) is 6.09. The lowest BCUT2D eigenvalue weighted by atomic mass is 9.98. The number of likely N-dealkylation sites (tertiary alicyclic amines) is 1. The van der Waals surface area contributed by atoms with Gasteiger partial charge in [0, 0.05) is 10.5 Å². The Morgan fingerprint density at radius 3 is 2.63 bits per heavy atom. The summed E-state index contributed by atoms with van der Waals surface area (Å²) in [5.74, 6) is -0.733. The molecule has 1 N–H and O–H groups in total. The van der Waals surface area contributed by atoms with Crippen LogP contribution in [-0.2, 0) is 4.79 Å². The van der Waals surface area contributed by atoms with Crippen LogP contribution >= 0.6 is 15.9 Å². The van der Waals surface area contributed by atoms with E-state index in [1.54, 1.807) is 0 Å². The first-order chi connectivity index (χ1) is 9.08. The van der Waals surface area contributed by atoms with Crippen molar-refractivity contribution in [3.05, 3.63) is 33.8 Å². The SMILES string of the molecule is Cc1ccc(C(CC(=O)O)N2CCCCC2)c(Br)c1. The summed E-state index contributed by atoms with van der Waals surface area (Å²) in [5.41, 5.74) is 2.28. The highest BCUT2D eigenvalue weighted by Gasteiger charge is 2.26. The predicted molar refractivity (Wildman–Crippen MR) is 79.3 cm³/mol. The average molecular weight is 326 g/mol. The summed E-state index contributed by atoms with van der Waals surface area (Å²) in [4.78, 5) is 13.5. The van der Waals surface area contributed by atoms with Gasteiger partial charge in [0.25, 0.3) is 0 Å². The predicted octanol–water partition coefficient (Wildman–Crippen LogP) is 3.76. The number of hydrogen-bond donors (Lipinski definition) is 1.